The Morgan fingerprint density at radius 2 is 1.96 bits per heavy atom. The van der Waals surface area contributed by atoms with E-state index in [1.165, 1.54) is 11.3 Å². The molecule has 0 saturated heterocycles. The van der Waals surface area contributed by atoms with Gasteiger partial charge >= 0.3 is 0 Å². The highest BCUT2D eigenvalue weighted by atomic mass is 35.5. The van der Waals surface area contributed by atoms with Gasteiger partial charge in [0.05, 0.1) is 6.54 Å². The fraction of sp³-hybridized carbons (Fsp3) is 0.318. The number of aromatic nitrogens is 1. The second-order valence-corrected chi connectivity index (χ2v) is 8.11. The van der Waals surface area contributed by atoms with Gasteiger partial charge in [-0.1, -0.05) is 35.9 Å². The Balaban J connectivity index is 1.80. The highest BCUT2D eigenvalue weighted by molar-refractivity contribution is 6.31. The average molecular weight is 383 g/mol. The molecule has 1 aliphatic heterocycles. The topological polar surface area (TPSA) is 45.5 Å². The van der Waals surface area contributed by atoms with Crippen LogP contribution < -0.4 is 0 Å². The number of rotatable bonds is 4. The van der Waals surface area contributed by atoms with Crippen molar-refractivity contribution < 1.29 is 9.90 Å². The molecule has 1 N–H and O–H groups in total. The van der Waals surface area contributed by atoms with Crippen LogP contribution in [0.1, 0.15) is 34.1 Å². The molecule has 3 aromatic rings. The molecule has 2 heterocycles. The molecule has 0 amide bonds. The number of likely N-dealkylation sites (N-methyl/N-ethyl adjacent to an activating group) is 1. The van der Waals surface area contributed by atoms with Gasteiger partial charge in [-0.2, -0.15) is 0 Å². The monoisotopic (exact) mass is 382 g/mol. The first-order valence-electron chi connectivity index (χ1n) is 9.15. The second kappa shape index (κ2) is 6.79. The molecule has 1 aromatic heterocycles. The lowest BCUT2D eigenvalue weighted by Crippen LogP contribution is -2.31. The smallest absolute Gasteiger partial charge is 0.150 e. The summed E-state index contributed by atoms with van der Waals surface area (Å²) >= 11 is 6.26. The maximum absolute atomic E-state index is 11.2. The molecule has 0 saturated carbocycles. The maximum Gasteiger partial charge on any atom is 0.150 e. The number of halogens is 1. The molecule has 2 aromatic carbocycles. The summed E-state index contributed by atoms with van der Waals surface area (Å²) in [6, 6.07) is 13.1. The molecule has 0 bridgehead atoms. The van der Waals surface area contributed by atoms with E-state index in [2.05, 4.69) is 16.5 Å². The first-order chi connectivity index (χ1) is 12.9. The largest absolute Gasteiger partial charge is 0.384 e. The van der Waals surface area contributed by atoms with E-state index in [9.17, 15) is 9.90 Å². The van der Waals surface area contributed by atoms with Crippen molar-refractivity contribution in [1.29, 1.82) is 0 Å². The van der Waals surface area contributed by atoms with Gasteiger partial charge in [0, 0.05) is 46.7 Å². The van der Waals surface area contributed by atoms with Gasteiger partial charge in [-0.15, -0.1) is 0 Å². The minimum Gasteiger partial charge on any atom is -0.384 e. The second-order valence-electron chi connectivity index (χ2n) is 7.67. The van der Waals surface area contributed by atoms with Crippen molar-refractivity contribution in [2.24, 2.45) is 0 Å². The van der Waals surface area contributed by atoms with Crippen LogP contribution in [0.4, 0.5) is 0 Å². The van der Waals surface area contributed by atoms with Crippen molar-refractivity contribution in [3.05, 3.63) is 69.9 Å². The summed E-state index contributed by atoms with van der Waals surface area (Å²) in [6.07, 6.45) is 1.76. The third kappa shape index (κ3) is 3.29. The molecule has 5 heteroatoms. The van der Waals surface area contributed by atoms with Gasteiger partial charge < -0.3 is 14.6 Å². The Morgan fingerprint density at radius 3 is 2.67 bits per heavy atom. The standard InChI is InChI=1S/C22H23ClN2O2/c1-22(27,16-5-3-15(13-26)4-6-16)14-25-20-8-7-17(23)11-18(20)19-12-24(2)10-9-21(19)25/h3-8,11,13,27H,9-10,12,14H2,1-2H3. The molecule has 4 rings (SSSR count). The van der Waals surface area contributed by atoms with Crippen molar-refractivity contribution in [2.45, 2.75) is 32.0 Å². The third-order valence-electron chi connectivity index (χ3n) is 5.54. The summed E-state index contributed by atoms with van der Waals surface area (Å²) in [6.45, 7) is 4.15. The van der Waals surface area contributed by atoms with Gasteiger partial charge in [0.1, 0.15) is 11.9 Å². The van der Waals surface area contributed by atoms with Crippen LogP contribution in [0.2, 0.25) is 5.02 Å². The fourth-order valence-corrected chi connectivity index (χ4v) is 4.23. The molecule has 4 nitrogen and oxygen atoms in total. The Bertz CT molecular complexity index is 1010. The number of carbonyl (C=O) groups is 1. The number of nitrogens with zero attached hydrogens (tertiary/aromatic N) is 2. The maximum atomic E-state index is 11.2. The van der Waals surface area contributed by atoms with Crippen LogP contribution >= 0.6 is 11.6 Å². The quantitative estimate of drug-likeness (QED) is 0.693. The Labute approximate surface area is 164 Å². The Hall–Kier alpha value is -2.14. The summed E-state index contributed by atoms with van der Waals surface area (Å²) < 4.78 is 2.24. The van der Waals surface area contributed by atoms with E-state index < -0.39 is 5.60 Å². The zero-order valence-corrected chi connectivity index (χ0v) is 16.3. The van der Waals surface area contributed by atoms with Crippen molar-refractivity contribution in [3.63, 3.8) is 0 Å². The number of aliphatic hydroxyl groups is 1. The summed E-state index contributed by atoms with van der Waals surface area (Å²) in [5, 5.41) is 13.1. The molecule has 0 radical (unpaired) electrons. The van der Waals surface area contributed by atoms with E-state index >= 15 is 0 Å². The highest BCUT2D eigenvalue weighted by Crippen LogP contribution is 2.35. The van der Waals surface area contributed by atoms with Crippen LogP contribution in [0.15, 0.2) is 42.5 Å². The van der Waals surface area contributed by atoms with Gasteiger partial charge in [-0.25, -0.2) is 0 Å². The minimum atomic E-state index is -1.05. The predicted molar refractivity (Wildman–Crippen MR) is 108 cm³/mol. The minimum absolute atomic E-state index is 0.449. The molecule has 0 spiro atoms. The normalized spacial score (nSPS) is 16.9. The fourth-order valence-electron chi connectivity index (χ4n) is 4.06. The van der Waals surface area contributed by atoms with Crippen molar-refractivity contribution in [1.82, 2.24) is 9.47 Å². The van der Waals surface area contributed by atoms with Crippen LogP contribution in [0.25, 0.3) is 10.9 Å². The number of hydrogen-bond acceptors (Lipinski definition) is 3. The first kappa shape index (κ1) is 18.2. The molecule has 140 valence electrons. The van der Waals surface area contributed by atoms with E-state index in [0.717, 1.165) is 47.3 Å². The lowest BCUT2D eigenvalue weighted by molar-refractivity contribution is 0.0385. The SMILES string of the molecule is CN1CCc2c(c3cc(Cl)ccc3n2CC(C)(O)c2ccc(C=O)cc2)C1. The van der Waals surface area contributed by atoms with Crippen LogP contribution in [0, 0.1) is 0 Å². The Kier molecular flexibility index (Phi) is 4.58. The van der Waals surface area contributed by atoms with E-state index in [4.69, 9.17) is 11.6 Å². The third-order valence-corrected chi connectivity index (χ3v) is 5.78. The zero-order valence-electron chi connectivity index (χ0n) is 15.6. The molecule has 0 fully saturated rings. The summed E-state index contributed by atoms with van der Waals surface area (Å²) in [5.41, 5.74) is 4.03. The van der Waals surface area contributed by atoms with Crippen LogP contribution in [-0.4, -0.2) is 34.5 Å². The van der Waals surface area contributed by atoms with E-state index in [0.29, 0.717) is 12.1 Å². The molecule has 1 atom stereocenters. The van der Waals surface area contributed by atoms with Gasteiger partial charge in [0.25, 0.3) is 0 Å². The van der Waals surface area contributed by atoms with Crippen molar-refractivity contribution >= 4 is 28.8 Å². The van der Waals surface area contributed by atoms with Crippen LogP contribution in [-0.2, 0) is 25.1 Å². The average Bonchev–Trinajstić information content (AvgIpc) is 2.94. The predicted octanol–water partition coefficient (Wildman–Crippen LogP) is 4.00. The lowest BCUT2D eigenvalue weighted by atomic mass is 9.94. The number of hydrogen-bond donors (Lipinski definition) is 1. The molecular weight excluding hydrogens is 360 g/mol. The number of fused-ring (bicyclic) bond motifs is 3. The number of aldehydes is 1. The molecule has 1 unspecified atom stereocenters. The van der Waals surface area contributed by atoms with E-state index in [-0.39, 0.29) is 0 Å². The van der Waals surface area contributed by atoms with Gasteiger partial charge in [0.15, 0.2) is 0 Å². The van der Waals surface area contributed by atoms with Crippen molar-refractivity contribution in [2.75, 3.05) is 13.6 Å². The van der Waals surface area contributed by atoms with E-state index in [1.807, 2.05) is 37.3 Å². The molecule has 0 aliphatic carbocycles. The van der Waals surface area contributed by atoms with E-state index in [1.54, 1.807) is 12.1 Å². The number of benzene rings is 2. The first-order valence-corrected chi connectivity index (χ1v) is 9.53. The summed E-state index contributed by atoms with van der Waals surface area (Å²) in [5.74, 6) is 0. The highest BCUT2D eigenvalue weighted by Gasteiger charge is 2.29. The Morgan fingerprint density at radius 1 is 1.22 bits per heavy atom. The molecule has 1 aliphatic rings. The number of carbonyl (C=O) groups excluding carboxylic acids is 1. The lowest BCUT2D eigenvalue weighted by Gasteiger charge is -2.29. The van der Waals surface area contributed by atoms with Crippen LogP contribution in [0.3, 0.4) is 0 Å². The van der Waals surface area contributed by atoms with Crippen LogP contribution in [0.5, 0.6) is 0 Å². The van der Waals surface area contributed by atoms with Gasteiger partial charge in [-0.05, 0) is 43.3 Å². The summed E-state index contributed by atoms with van der Waals surface area (Å²) in [7, 11) is 2.13. The zero-order chi connectivity index (χ0) is 19.2. The van der Waals surface area contributed by atoms with Crippen molar-refractivity contribution in [3.8, 4) is 0 Å². The molecular formula is C22H23ClN2O2. The molecule has 27 heavy (non-hydrogen) atoms. The van der Waals surface area contributed by atoms with Gasteiger partial charge in [0.2, 0.25) is 0 Å². The summed E-state index contributed by atoms with van der Waals surface area (Å²) in [4.78, 5) is 13.2. The van der Waals surface area contributed by atoms with Gasteiger partial charge in [-0.3, -0.25) is 4.79 Å².